The van der Waals surface area contributed by atoms with Gasteiger partial charge in [0.05, 0.1) is 12.8 Å². The fourth-order valence-electron chi connectivity index (χ4n) is 3.84. The molecule has 6 N–H and O–H groups in total. The Morgan fingerprint density at radius 2 is 1.45 bits per heavy atom. The Bertz CT molecular complexity index is 770. The first kappa shape index (κ1) is 26.1. The van der Waals surface area contributed by atoms with Crippen molar-refractivity contribution in [2.24, 2.45) is 11.7 Å². The van der Waals surface area contributed by atoms with Crippen LogP contribution >= 0.6 is 0 Å². The maximum Gasteiger partial charge on any atom is 0.336 e. The second-order valence-corrected chi connectivity index (χ2v) is 7.95. The molecular formula is C21H30N2O8. The van der Waals surface area contributed by atoms with Crippen LogP contribution in [0.3, 0.4) is 0 Å². The summed E-state index contributed by atoms with van der Waals surface area (Å²) in [5.41, 5.74) is 4.09. The minimum Gasteiger partial charge on any atom is -0.481 e. The quantitative estimate of drug-likeness (QED) is 0.394. The van der Waals surface area contributed by atoms with E-state index in [9.17, 15) is 19.2 Å². The summed E-state index contributed by atoms with van der Waals surface area (Å²) in [6, 6.07) is 10.6. The summed E-state index contributed by atoms with van der Waals surface area (Å²) in [6.07, 6.45) is 1.49. The van der Waals surface area contributed by atoms with Crippen LogP contribution in [0.15, 0.2) is 30.3 Å². The fraction of sp³-hybridized carbons (Fsp3) is 0.524. The molecule has 0 bridgehead atoms. The van der Waals surface area contributed by atoms with Crippen molar-refractivity contribution in [1.82, 2.24) is 4.90 Å². The summed E-state index contributed by atoms with van der Waals surface area (Å²) < 4.78 is 0. The molecule has 0 heterocycles. The van der Waals surface area contributed by atoms with Gasteiger partial charge in [-0.15, -0.1) is 0 Å². The van der Waals surface area contributed by atoms with Gasteiger partial charge in [0.1, 0.15) is 0 Å². The number of hydrogen-bond donors (Lipinski definition) is 5. The van der Waals surface area contributed by atoms with Gasteiger partial charge in [-0.1, -0.05) is 30.3 Å². The molecular weight excluding hydrogens is 408 g/mol. The van der Waals surface area contributed by atoms with Crippen LogP contribution < -0.4 is 5.73 Å². The minimum absolute atomic E-state index is 0.0572. The Balaban J connectivity index is 0.000000330. The van der Waals surface area contributed by atoms with E-state index in [1.165, 1.54) is 5.56 Å². The number of carbonyl (C=O) groups is 4. The average molecular weight is 438 g/mol. The Morgan fingerprint density at radius 3 is 1.77 bits per heavy atom. The minimum atomic E-state index is -2.74. The third kappa shape index (κ3) is 7.04. The van der Waals surface area contributed by atoms with Crippen LogP contribution in [0.25, 0.3) is 0 Å². The first-order valence-electron chi connectivity index (χ1n) is 9.75. The van der Waals surface area contributed by atoms with Gasteiger partial charge < -0.3 is 26.2 Å². The van der Waals surface area contributed by atoms with Crippen LogP contribution in [-0.4, -0.2) is 68.8 Å². The summed E-state index contributed by atoms with van der Waals surface area (Å²) >= 11 is 0. The van der Waals surface area contributed by atoms with Crippen molar-refractivity contribution >= 4 is 23.8 Å². The molecule has 0 unspecified atom stereocenters. The van der Waals surface area contributed by atoms with E-state index in [2.05, 4.69) is 43.3 Å². The Morgan fingerprint density at radius 1 is 1.00 bits per heavy atom. The van der Waals surface area contributed by atoms with Gasteiger partial charge in [0.15, 0.2) is 5.60 Å². The van der Waals surface area contributed by atoms with Crippen LogP contribution in [0, 0.1) is 5.92 Å². The molecule has 10 nitrogen and oxygen atoms in total. The number of carbonyl (C=O) groups excluding carboxylic acids is 1. The van der Waals surface area contributed by atoms with Gasteiger partial charge >= 0.3 is 17.9 Å². The number of hydrogen-bond acceptors (Lipinski definition) is 6. The second-order valence-electron chi connectivity index (χ2n) is 7.95. The highest BCUT2D eigenvalue weighted by Crippen LogP contribution is 2.42. The first-order valence-corrected chi connectivity index (χ1v) is 9.75. The molecule has 10 heteroatoms. The number of aliphatic carboxylic acids is 3. The maximum absolute atomic E-state index is 11.3. The molecule has 1 aromatic rings. The van der Waals surface area contributed by atoms with Gasteiger partial charge in [-0.2, -0.15) is 0 Å². The summed E-state index contributed by atoms with van der Waals surface area (Å²) in [7, 11) is 4.25. The number of aliphatic hydroxyl groups is 1. The molecule has 0 saturated heterocycles. The van der Waals surface area contributed by atoms with E-state index in [1.807, 2.05) is 6.07 Å². The van der Waals surface area contributed by atoms with Gasteiger partial charge in [-0.05, 0) is 45.3 Å². The number of benzene rings is 1. The SMILES string of the molecule is CN(C)C1(c2ccccc2)CCC(C(N)=O)CC1.O=C(O)CC(O)(CC(=O)O)C(=O)O. The van der Waals surface area contributed by atoms with Gasteiger partial charge in [0.2, 0.25) is 5.91 Å². The lowest BCUT2D eigenvalue weighted by atomic mass is 9.72. The van der Waals surface area contributed by atoms with E-state index < -0.39 is 36.4 Å². The molecule has 0 aliphatic heterocycles. The van der Waals surface area contributed by atoms with Crippen molar-refractivity contribution in [3.8, 4) is 0 Å². The predicted octanol–water partition coefficient (Wildman–Crippen LogP) is 0.871. The van der Waals surface area contributed by atoms with Crippen molar-refractivity contribution in [3.05, 3.63) is 35.9 Å². The third-order valence-electron chi connectivity index (χ3n) is 5.67. The summed E-state index contributed by atoms with van der Waals surface area (Å²) in [6.45, 7) is 0. The number of primary amides is 1. The van der Waals surface area contributed by atoms with Crippen LogP contribution in [0.2, 0.25) is 0 Å². The van der Waals surface area contributed by atoms with Crippen molar-refractivity contribution in [2.75, 3.05) is 14.1 Å². The molecule has 1 amide bonds. The molecule has 172 valence electrons. The third-order valence-corrected chi connectivity index (χ3v) is 5.67. The first-order chi connectivity index (χ1) is 14.3. The molecule has 1 aromatic carbocycles. The summed E-state index contributed by atoms with van der Waals surface area (Å²) in [5.74, 6) is -5.10. The topological polar surface area (TPSA) is 178 Å². The molecule has 0 atom stereocenters. The Kier molecular flexibility index (Phi) is 9.14. The number of nitrogens with two attached hydrogens (primary N) is 1. The van der Waals surface area contributed by atoms with Crippen LogP contribution in [0.4, 0.5) is 0 Å². The number of amides is 1. The standard InChI is InChI=1S/C15H22N2O.C6H8O7/c1-17(2)15(13-6-4-3-5-7-13)10-8-12(9-11-15)14(16)18;7-3(8)1-6(13,5(11)12)2-4(9)10/h3-7,12H,8-11H2,1-2H3,(H2,16,18);13H,1-2H2,(H,7,8)(H,9,10)(H,11,12). The predicted molar refractivity (Wildman–Crippen MR) is 110 cm³/mol. The molecule has 1 aliphatic carbocycles. The second kappa shape index (κ2) is 10.9. The van der Waals surface area contributed by atoms with Gasteiger partial charge in [0.25, 0.3) is 0 Å². The van der Waals surface area contributed by atoms with Crippen molar-refractivity contribution in [2.45, 2.75) is 49.7 Å². The van der Waals surface area contributed by atoms with E-state index in [-0.39, 0.29) is 17.4 Å². The molecule has 1 saturated carbocycles. The molecule has 1 aliphatic rings. The highest BCUT2D eigenvalue weighted by atomic mass is 16.4. The van der Waals surface area contributed by atoms with Crippen molar-refractivity contribution < 1.29 is 39.6 Å². The lowest BCUT2D eigenvalue weighted by Gasteiger charge is -2.45. The zero-order chi connectivity index (χ0) is 23.8. The number of carboxylic acid groups (broad SMARTS) is 3. The zero-order valence-electron chi connectivity index (χ0n) is 17.7. The highest BCUT2D eigenvalue weighted by Gasteiger charge is 2.41. The van der Waals surface area contributed by atoms with E-state index in [0.717, 1.165) is 25.7 Å². The van der Waals surface area contributed by atoms with E-state index in [1.54, 1.807) is 0 Å². The lowest BCUT2D eigenvalue weighted by Crippen LogP contribution is -2.45. The number of nitrogens with zero attached hydrogens (tertiary/aromatic N) is 1. The molecule has 0 radical (unpaired) electrons. The monoisotopic (exact) mass is 438 g/mol. The number of rotatable bonds is 8. The fourth-order valence-corrected chi connectivity index (χ4v) is 3.84. The summed E-state index contributed by atoms with van der Waals surface area (Å²) in [4.78, 5) is 44.1. The smallest absolute Gasteiger partial charge is 0.336 e. The number of carboxylic acids is 3. The summed E-state index contributed by atoms with van der Waals surface area (Å²) in [5, 5.41) is 33.8. The van der Waals surface area contributed by atoms with Crippen LogP contribution in [0.1, 0.15) is 44.1 Å². The van der Waals surface area contributed by atoms with Gasteiger partial charge in [-0.25, -0.2) is 4.79 Å². The lowest BCUT2D eigenvalue weighted by molar-refractivity contribution is -0.170. The highest BCUT2D eigenvalue weighted by molar-refractivity contribution is 5.88. The van der Waals surface area contributed by atoms with E-state index in [4.69, 9.17) is 26.2 Å². The van der Waals surface area contributed by atoms with Gasteiger partial charge in [-0.3, -0.25) is 19.3 Å². The Labute approximate surface area is 180 Å². The Hall–Kier alpha value is -2.98. The molecule has 2 rings (SSSR count). The molecule has 0 aromatic heterocycles. The van der Waals surface area contributed by atoms with E-state index in [0.29, 0.717) is 0 Å². The van der Waals surface area contributed by atoms with Crippen LogP contribution in [0.5, 0.6) is 0 Å². The molecule has 31 heavy (non-hydrogen) atoms. The maximum atomic E-state index is 11.3. The molecule has 0 spiro atoms. The molecule has 1 fully saturated rings. The normalized spacial score (nSPS) is 21.0. The zero-order valence-corrected chi connectivity index (χ0v) is 17.7. The largest absolute Gasteiger partial charge is 0.481 e. The van der Waals surface area contributed by atoms with Crippen molar-refractivity contribution in [3.63, 3.8) is 0 Å². The van der Waals surface area contributed by atoms with Crippen molar-refractivity contribution in [1.29, 1.82) is 0 Å². The van der Waals surface area contributed by atoms with Gasteiger partial charge in [0, 0.05) is 11.5 Å². The average Bonchev–Trinajstić information content (AvgIpc) is 2.67. The van der Waals surface area contributed by atoms with Crippen LogP contribution in [-0.2, 0) is 24.7 Å². The van der Waals surface area contributed by atoms with E-state index >= 15 is 0 Å².